The molecule has 0 amide bonds. The van der Waals surface area contributed by atoms with Gasteiger partial charge in [0, 0.05) is 6.54 Å². The lowest BCUT2D eigenvalue weighted by molar-refractivity contribution is -0.157. The van der Waals surface area contributed by atoms with Crippen molar-refractivity contribution in [1.82, 2.24) is 5.32 Å². The van der Waals surface area contributed by atoms with E-state index in [9.17, 15) is 4.79 Å². The van der Waals surface area contributed by atoms with Gasteiger partial charge in [-0.15, -0.1) is 0 Å². The first kappa shape index (κ1) is 10.9. The number of ether oxygens (including phenoxy) is 1. The summed E-state index contributed by atoms with van der Waals surface area (Å²) < 4.78 is 5.42. The van der Waals surface area contributed by atoms with Gasteiger partial charge >= 0.3 is 5.97 Å². The molecule has 2 atom stereocenters. The molecule has 1 aliphatic heterocycles. The molecule has 0 radical (unpaired) electrons. The second kappa shape index (κ2) is 3.48. The summed E-state index contributed by atoms with van der Waals surface area (Å²) in [6, 6.07) is 0. The Balaban J connectivity index is 1.89. The zero-order valence-corrected chi connectivity index (χ0v) is 9.93. The Morgan fingerprint density at radius 2 is 2.20 bits per heavy atom. The van der Waals surface area contributed by atoms with Gasteiger partial charge in [-0.25, -0.2) is 0 Å². The van der Waals surface area contributed by atoms with Gasteiger partial charge in [-0.05, 0) is 52.0 Å². The lowest BCUT2D eigenvalue weighted by Crippen LogP contribution is -2.34. The van der Waals surface area contributed by atoms with Crippen molar-refractivity contribution in [2.24, 2.45) is 11.3 Å². The minimum absolute atomic E-state index is 0.00574. The van der Waals surface area contributed by atoms with Crippen molar-refractivity contribution >= 4 is 5.97 Å². The standard InChI is InChI=1S/C12H21NO2/c1-11(2,3)15-10(14)9-7-12(9)5-4-6-13-8-12/h9,13H,4-8H2,1-3H3. The highest BCUT2D eigenvalue weighted by molar-refractivity contribution is 5.77. The lowest BCUT2D eigenvalue weighted by Gasteiger charge is -2.25. The van der Waals surface area contributed by atoms with Crippen LogP contribution in [-0.2, 0) is 9.53 Å². The Morgan fingerprint density at radius 1 is 1.47 bits per heavy atom. The van der Waals surface area contributed by atoms with Crippen molar-refractivity contribution < 1.29 is 9.53 Å². The van der Waals surface area contributed by atoms with Gasteiger partial charge in [-0.1, -0.05) is 0 Å². The molecular formula is C12H21NO2. The van der Waals surface area contributed by atoms with Gasteiger partial charge in [0.15, 0.2) is 0 Å². The number of rotatable bonds is 1. The van der Waals surface area contributed by atoms with Crippen LogP contribution in [-0.4, -0.2) is 24.7 Å². The summed E-state index contributed by atoms with van der Waals surface area (Å²) >= 11 is 0. The molecule has 2 unspecified atom stereocenters. The molecule has 0 aromatic carbocycles. The van der Waals surface area contributed by atoms with Gasteiger partial charge in [0.25, 0.3) is 0 Å². The van der Waals surface area contributed by atoms with E-state index in [0.717, 1.165) is 19.5 Å². The van der Waals surface area contributed by atoms with E-state index in [4.69, 9.17) is 4.74 Å². The van der Waals surface area contributed by atoms with Crippen LogP contribution in [0, 0.1) is 11.3 Å². The third-order valence-electron chi connectivity index (χ3n) is 3.39. The van der Waals surface area contributed by atoms with Gasteiger partial charge in [-0.2, -0.15) is 0 Å². The maximum Gasteiger partial charge on any atom is 0.310 e. The SMILES string of the molecule is CC(C)(C)OC(=O)C1CC12CCCNC2. The first-order valence-corrected chi connectivity index (χ1v) is 5.87. The minimum atomic E-state index is -0.344. The first-order valence-electron chi connectivity index (χ1n) is 5.87. The van der Waals surface area contributed by atoms with E-state index in [1.54, 1.807) is 0 Å². The molecule has 3 heteroatoms. The van der Waals surface area contributed by atoms with Gasteiger partial charge in [-0.3, -0.25) is 4.79 Å². The molecular weight excluding hydrogens is 190 g/mol. The Hall–Kier alpha value is -0.570. The van der Waals surface area contributed by atoms with E-state index in [1.807, 2.05) is 20.8 Å². The van der Waals surface area contributed by atoms with Crippen LogP contribution in [0.4, 0.5) is 0 Å². The highest BCUT2D eigenvalue weighted by atomic mass is 16.6. The summed E-state index contributed by atoms with van der Waals surface area (Å²) in [6.45, 7) is 7.89. The maximum atomic E-state index is 11.8. The predicted molar refractivity (Wildman–Crippen MR) is 58.5 cm³/mol. The Bertz CT molecular complexity index is 261. The van der Waals surface area contributed by atoms with E-state index in [1.165, 1.54) is 12.8 Å². The lowest BCUT2D eigenvalue weighted by atomic mass is 9.94. The zero-order chi connectivity index (χ0) is 11.1. The third-order valence-corrected chi connectivity index (χ3v) is 3.39. The van der Waals surface area contributed by atoms with E-state index < -0.39 is 0 Å². The number of carbonyl (C=O) groups is 1. The second-order valence-corrected chi connectivity index (χ2v) is 5.93. The van der Waals surface area contributed by atoms with Crippen molar-refractivity contribution in [3.63, 3.8) is 0 Å². The smallest absolute Gasteiger partial charge is 0.310 e. The minimum Gasteiger partial charge on any atom is -0.460 e. The normalized spacial score (nSPS) is 35.3. The van der Waals surface area contributed by atoms with Gasteiger partial charge in [0.05, 0.1) is 5.92 Å². The Morgan fingerprint density at radius 3 is 2.73 bits per heavy atom. The monoisotopic (exact) mass is 211 g/mol. The number of hydrogen-bond acceptors (Lipinski definition) is 3. The number of nitrogens with one attached hydrogen (secondary N) is 1. The highest BCUT2D eigenvalue weighted by Crippen LogP contribution is 2.57. The zero-order valence-electron chi connectivity index (χ0n) is 9.93. The van der Waals surface area contributed by atoms with Crippen molar-refractivity contribution in [3.05, 3.63) is 0 Å². The first-order chi connectivity index (χ1) is 6.93. The summed E-state index contributed by atoms with van der Waals surface area (Å²) in [5, 5.41) is 3.38. The predicted octanol–water partition coefficient (Wildman–Crippen LogP) is 1.72. The second-order valence-electron chi connectivity index (χ2n) is 5.93. The van der Waals surface area contributed by atoms with Crippen LogP contribution in [0.25, 0.3) is 0 Å². The average Bonchev–Trinajstić information content (AvgIpc) is 2.78. The van der Waals surface area contributed by atoms with E-state index >= 15 is 0 Å². The van der Waals surface area contributed by atoms with Gasteiger partial charge < -0.3 is 10.1 Å². The fourth-order valence-electron chi connectivity index (χ4n) is 2.52. The molecule has 86 valence electrons. The molecule has 2 fully saturated rings. The van der Waals surface area contributed by atoms with Crippen LogP contribution in [0.1, 0.15) is 40.0 Å². The molecule has 2 aliphatic rings. The number of carbonyl (C=O) groups excluding carboxylic acids is 1. The van der Waals surface area contributed by atoms with Crippen molar-refractivity contribution in [2.75, 3.05) is 13.1 Å². The van der Waals surface area contributed by atoms with E-state index in [-0.39, 0.29) is 22.9 Å². The molecule has 1 aliphatic carbocycles. The van der Waals surface area contributed by atoms with Gasteiger partial charge in [0.1, 0.15) is 5.60 Å². The van der Waals surface area contributed by atoms with Crippen molar-refractivity contribution in [2.45, 2.75) is 45.6 Å². The molecule has 0 aromatic heterocycles. The summed E-state index contributed by atoms with van der Waals surface area (Å²) in [7, 11) is 0. The molecule has 1 N–H and O–H groups in total. The Labute approximate surface area is 91.6 Å². The third kappa shape index (κ3) is 2.33. The quantitative estimate of drug-likeness (QED) is 0.671. The topological polar surface area (TPSA) is 38.3 Å². The van der Waals surface area contributed by atoms with Crippen LogP contribution in [0.15, 0.2) is 0 Å². The summed E-state index contributed by atoms with van der Waals surface area (Å²) in [5.74, 6) is 0.163. The maximum absolute atomic E-state index is 11.8. The summed E-state index contributed by atoms with van der Waals surface area (Å²) in [5.41, 5.74) is -0.0937. The molecule has 3 nitrogen and oxygen atoms in total. The Kier molecular flexibility index (Phi) is 2.53. The van der Waals surface area contributed by atoms with Crippen molar-refractivity contribution in [3.8, 4) is 0 Å². The summed E-state index contributed by atoms with van der Waals surface area (Å²) in [4.78, 5) is 11.8. The fraction of sp³-hybridized carbons (Fsp3) is 0.917. The highest BCUT2D eigenvalue weighted by Gasteiger charge is 2.59. The molecule has 1 spiro atoms. The molecule has 1 saturated carbocycles. The van der Waals surface area contributed by atoms with Gasteiger partial charge in [0.2, 0.25) is 0 Å². The molecule has 0 aromatic rings. The van der Waals surface area contributed by atoms with Crippen LogP contribution >= 0.6 is 0 Å². The molecule has 1 saturated heterocycles. The van der Waals surface area contributed by atoms with E-state index in [0.29, 0.717) is 0 Å². The van der Waals surface area contributed by atoms with Crippen LogP contribution < -0.4 is 5.32 Å². The van der Waals surface area contributed by atoms with Crippen LogP contribution in [0.2, 0.25) is 0 Å². The molecule has 0 bridgehead atoms. The molecule has 2 rings (SSSR count). The number of hydrogen-bond donors (Lipinski definition) is 1. The number of esters is 1. The van der Waals surface area contributed by atoms with E-state index in [2.05, 4.69) is 5.32 Å². The molecule has 15 heavy (non-hydrogen) atoms. The summed E-state index contributed by atoms with van der Waals surface area (Å²) in [6.07, 6.45) is 3.40. The van der Waals surface area contributed by atoms with Crippen molar-refractivity contribution in [1.29, 1.82) is 0 Å². The van der Waals surface area contributed by atoms with Crippen LogP contribution in [0.5, 0.6) is 0 Å². The fourth-order valence-corrected chi connectivity index (χ4v) is 2.52. The van der Waals surface area contributed by atoms with Crippen LogP contribution in [0.3, 0.4) is 0 Å². The largest absolute Gasteiger partial charge is 0.460 e. The number of piperidine rings is 1. The molecule has 1 heterocycles. The average molecular weight is 211 g/mol.